The minimum absolute atomic E-state index is 0.0494. The average Bonchev–Trinajstić information content (AvgIpc) is 3.03. The van der Waals surface area contributed by atoms with E-state index in [1.165, 1.54) is 12.1 Å². The molecular formula is C14H16BrN5O3S. The van der Waals surface area contributed by atoms with Crippen LogP contribution >= 0.6 is 15.9 Å². The molecule has 1 atom stereocenters. The fourth-order valence-corrected chi connectivity index (χ4v) is 3.05. The van der Waals surface area contributed by atoms with Crippen molar-refractivity contribution in [3.8, 4) is 0 Å². The first-order chi connectivity index (χ1) is 11.4. The number of benzene rings is 1. The van der Waals surface area contributed by atoms with Crippen molar-refractivity contribution < 1.29 is 13.2 Å². The second kappa shape index (κ2) is 7.01. The molecule has 0 spiro atoms. The molecule has 1 fully saturated rings. The van der Waals surface area contributed by atoms with Crippen molar-refractivity contribution in [3.63, 3.8) is 0 Å². The van der Waals surface area contributed by atoms with E-state index in [1.54, 1.807) is 18.3 Å². The first-order valence-corrected chi connectivity index (χ1v) is 9.52. The Hall–Kier alpha value is -1.75. The molecule has 0 unspecified atom stereocenters. The van der Waals surface area contributed by atoms with Crippen molar-refractivity contribution in [2.24, 2.45) is 5.14 Å². The van der Waals surface area contributed by atoms with Gasteiger partial charge in [-0.2, -0.15) is 4.98 Å². The van der Waals surface area contributed by atoms with E-state index in [1.807, 2.05) is 0 Å². The van der Waals surface area contributed by atoms with Gasteiger partial charge in [-0.05, 0) is 46.6 Å². The topological polar surface area (TPSA) is 119 Å². The second-order valence-electron chi connectivity index (χ2n) is 5.29. The standard InChI is InChI=1S/C14H16BrN5O3S/c15-12-7-17-14(20-13(12)18-10-5-6-23-8-10)19-9-1-3-11(4-2-9)24(16,21)22/h1-4,7,10H,5-6,8H2,(H2,16,21,22)(H2,17,18,19,20)/t10-/m0/s1. The summed E-state index contributed by atoms with van der Waals surface area (Å²) < 4.78 is 28.6. The van der Waals surface area contributed by atoms with E-state index in [-0.39, 0.29) is 10.9 Å². The van der Waals surface area contributed by atoms with Gasteiger partial charge >= 0.3 is 0 Å². The van der Waals surface area contributed by atoms with Crippen LogP contribution in [0.25, 0.3) is 0 Å². The highest BCUT2D eigenvalue weighted by Crippen LogP contribution is 2.24. The maximum Gasteiger partial charge on any atom is 0.238 e. The first-order valence-electron chi connectivity index (χ1n) is 7.18. The van der Waals surface area contributed by atoms with Crippen LogP contribution in [-0.2, 0) is 14.8 Å². The van der Waals surface area contributed by atoms with Crippen LogP contribution in [0.2, 0.25) is 0 Å². The molecule has 10 heteroatoms. The lowest BCUT2D eigenvalue weighted by Gasteiger charge is -2.14. The van der Waals surface area contributed by atoms with Crippen LogP contribution in [0, 0.1) is 0 Å². The second-order valence-corrected chi connectivity index (χ2v) is 7.71. The molecule has 0 saturated carbocycles. The van der Waals surface area contributed by atoms with Crippen molar-refractivity contribution in [2.75, 3.05) is 23.8 Å². The zero-order chi connectivity index (χ0) is 17.2. The van der Waals surface area contributed by atoms with E-state index in [9.17, 15) is 8.42 Å². The number of rotatable bonds is 5. The molecule has 1 aliphatic rings. The van der Waals surface area contributed by atoms with Crippen LogP contribution in [0.15, 0.2) is 39.8 Å². The highest BCUT2D eigenvalue weighted by molar-refractivity contribution is 9.10. The summed E-state index contributed by atoms with van der Waals surface area (Å²) in [5, 5.41) is 11.4. The number of aromatic nitrogens is 2. The molecule has 0 aliphatic carbocycles. The Labute approximate surface area is 148 Å². The lowest BCUT2D eigenvalue weighted by Crippen LogP contribution is -2.20. The predicted octanol–water partition coefficient (Wildman–Crippen LogP) is 1.83. The molecule has 8 nitrogen and oxygen atoms in total. The molecule has 1 aliphatic heterocycles. The largest absolute Gasteiger partial charge is 0.379 e. The van der Waals surface area contributed by atoms with E-state index in [2.05, 4.69) is 36.5 Å². The summed E-state index contributed by atoms with van der Waals surface area (Å²) in [6.07, 6.45) is 2.57. The van der Waals surface area contributed by atoms with Gasteiger partial charge in [-0.1, -0.05) is 0 Å². The lowest BCUT2D eigenvalue weighted by atomic mass is 10.2. The van der Waals surface area contributed by atoms with Gasteiger partial charge in [0.1, 0.15) is 5.82 Å². The number of primary sulfonamides is 1. The molecule has 2 heterocycles. The van der Waals surface area contributed by atoms with Gasteiger partial charge in [0.15, 0.2) is 0 Å². The van der Waals surface area contributed by atoms with Gasteiger partial charge in [0.2, 0.25) is 16.0 Å². The molecule has 4 N–H and O–H groups in total. The van der Waals surface area contributed by atoms with Crippen molar-refractivity contribution in [3.05, 3.63) is 34.9 Å². The average molecular weight is 414 g/mol. The molecule has 3 rings (SSSR count). The molecule has 24 heavy (non-hydrogen) atoms. The van der Waals surface area contributed by atoms with E-state index < -0.39 is 10.0 Å². The molecular weight excluding hydrogens is 398 g/mol. The number of nitrogens with two attached hydrogens (primary N) is 1. The van der Waals surface area contributed by atoms with E-state index >= 15 is 0 Å². The Morgan fingerprint density at radius 2 is 2.04 bits per heavy atom. The van der Waals surface area contributed by atoms with Gasteiger partial charge in [0.05, 0.1) is 22.0 Å². The smallest absolute Gasteiger partial charge is 0.238 e. The van der Waals surface area contributed by atoms with E-state index in [0.717, 1.165) is 17.5 Å². The number of nitrogens with zero attached hydrogens (tertiary/aromatic N) is 2. The number of halogens is 1. The van der Waals surface area contributed by atoms with Gasteiger partial charge in [-0.15, -0.1) is 0 Å². The first kappa shape index (κ1) is 17.1. The summed E-state index contributed by atoms with van der Waals surface area (Å²) in [7, 11) is -3.71. The minimum Gasteiger partial charge on any atom is -0.379 e. The van der Waals surface area contributed by atoms with Gasteiger partial charge in [-0.25, -0.2) is 18.5 Å². The Kier molecular flexibility index (Phi) is 4.99. The Bertz CT molecular complexity index is 823. The van der Waals surface area contributed by atoms with Gasteiger partial charge in [0, 0.05) is 18.5 Å². The third-order valence-electron chi connectivity index (χ3n) is 3.45. The zero-order valence-electron chi connectivity index (χ0n) is 12.6. The summed E-state index contributed by atoms with van der Waals surface area (Å²) in [5.74, 6) is 1.06. The van der Waals surface area contributed by atoms with Crippen LogP contribution < -0.4 is 15.8 Å². The molecule has 0 radical (unpaired) electrons. The minimum atomic E-state index is -3.71. The van der Waals surface area contributed by atoms with Crippen LogP contribution in [0.3, 0.4) is 0 Å². The molecule has 1 aromatic heterocycles. The van der Waals surface area contributed by atoms with Crippen LogP contribution in [0.5, 0.6) is 0 Å². The highest BCUT2D eigenvalue weighted by atomic mass is 79.9. The highest BCUT2D eigenvalue weighted by Gasteiger charge is 2.17. The number of sulfonamides is 1. The summed E-state index contributed by atoms with van der Waals surface area (Å²) in [5.41, 5.74) is 0.653. The van der Waals surface area contributed by atoms with Crippen LogP contribution in [0.1, 0.15) is 6.42 Å². The van der Waals surface area contributed by atoms with Gasteiger partial charge in [0.25, 0.3) is 0 Å². The van der Waals surface area contributed by atoms with Crippen LogP contribution in [0.4, 0.5) is 17.5 Å². The number of anilines is 3. The normalized spacial score (nSPS) is 17.7. The third-order valence-corrected chi connectivity index (χ3v) is 4.96. The number of ether oxygens (including phenoxy) is 1. The van der Waals surface area contributed by atoms with Crippen molar-refractivity contribution >= 4 is 43.4 Å². The fraction of sp³-hybridized carbons (Fsp3) is 0.286. The molecule has 1 aromatic carbocycles. The number of hydrogen-bond donors (Lipinski definition) is 3. The monoisotopic (exact) mass is 413 g/mol. The van der Waals surface area contributed by atoms with E-state index in [0.29, 0.717) is 24.1 Å². The van der Waals surface area contributed by atoms with Crippen molar-refractivity contribution in [2.45, 2.75) is 17.4 Å². The van der Waals surface area contributed by atoms with Gasteiger partial charge in [-0.3, -0.25) is 0 Å². The Balaban J connectivity index is 1.75. The molecule has 0 bridgehead atoms. The maximum absolute atomic E-state index is 11.3. The summed E-state index contributed by atoms with van der Waals surface area (Å²) >= 11 is 3.42. The fourth-order valence-electron chi connectivity index (χ4n) is 2.23. The van der Waals surface area contributed by atoms with Crippen molar-refractivity contribution in [1.29, 1.82) is 0 Å². The Morgan fingerprint density at radius 1 is 1.29 bits per heavy atom. The predicted molar refractivity (Wildman–Crippen MR) is 93.7 cm³/mol. The van der Waals surface area contributed by atoms with E-state index in [4.69, 9.17) is 9.88 Å². The molecule has 2 aromatic rings. The molecule has 1 saturated heterocycles. The van der Waals surface area contributed by atoms with Crippen molar-refractivity contribution in [1.82, 2.24) is 9.97 Å². The summed E-state index contributed by atoms with van der Waals surface area (Å²) in [6, 6.07) is 6.27. The summed E-state index contributed by atoms with van der Waals surface area (Å²) in [4.78, 5) is 8.67. The third kappa shape index (κ3) is 4.20. The molecule has 128 valence electrons. The van der Waals surface area contributed by atoms with Gasteiger partial charge < -0.3 is 15.4 Å². The molecule has 0 amide bonds. The summed E-state index contributed by atoms with van der Waals surface area (Å²) in [6.45, 7) is 1.39. The number of hydrogen-bond acceptors (Lipinski definition) is 7. The zero-order valence-corrected chi connectivity index (χ0v) is 15.0. The lowest BCUT2D eigenvalue weighted by molar-refractivity contribution is 0.195. The Morgan fingerprint density at radius 3 is 2.67 bits per heavy atom. The quantitative estimate of drug-likeness (QED) is 0.683. The SMILES string of the molecule is NS(=O)(=O)c1ccc(Nc2ncc(Br)c(N[C@H]3CCOC3)n2)cc1. The maximum atomic E-state index is 11.3. The van der Waals surface area contributed by atoms with Crippen LogP contribution in [-0.4, -0.2) is 37.6 Å². The number of nitrogens with one attached hydrogen (secondary N) is 2.